The Hall–Kier alpha value is -2.66. The normalized spacial score (nSPS) is 10.9. The van der Waals surface area contributed by atoms with Gasteiger partial charge in [-0.25, -0.2) is 4.98 Å². The predicted octanol–water partition coefficient (Wildman–Crippen LogP) is 5.01. The van der Waals surface area contributed by atoms with Crippen molar-refractivity contribution in [2.75, 3.05) is 0 Å². The van der Waals surface area contributed by atoms with Crippen LogP contribution in [0.2, 0.25) is 0 Å². The van der Waals surface area contributed by atoms with Gasteiger partial charge in [0.2, 0.25) is 5.91 Å². The van der Waals surface area contributed by atoms with Crippen LogP contribution in [0.1, 0.15) is 35.7 Å². The van der Waals surface area contributed by atoms with Crippen molar-refractivity contribution in [1.29, 1.82) is 0 Å². The molecule has 28 heavy (non-hydrogen) atoms. The van der Waals surface area contributed by atoms with Crippen LogP contribution in [0.3, 0.4) is 0 Å². The van der Waals surface area contributed by atoms with E-state index in [1.807, 2.05) is 85.6 Å². The molecule has 2 aromatic carbocycles. The van der Waals surface area contributed by atoms with Gasteiger partial charge in [-0.3, -0.25) is 4.79 Å². The molecule has 5 heteroatoms. The van der Waals surface area contributed by atoms with Crippen LogP contribution in [0.5, 0.6) is 5.75 Å². The Morgan fingerprint density at radius 1 is 1.14 bits per heavy atom. The van der Waals surface area contributed by atoms with Crippen LogP contribution in [-0.4, -0.2) is 21.8 Å². The molecule has 1 heterocycles. The molecular formula is C23H26N2O2S. The highest BCUT2D eigenvalue weighted by Crippen LogP contribution is 2.18. The summed E-state index contributed by atoms with van der Waals surface area (Å²) in [6.07, 6.45) is 0.409. The van der Waals surface area contributed by atoms with Crippen molar-refractivity contribution in [3.8, 4) is 5.75 Å². The summed E-state index contributed by atoms with van der Waals surface area (Å²) in [5.41, 5.74) is 3.11. The lowest BCUT2D eigenvalue weighted by Gasteiger charge is -2.26. The van der Waals surface area contributed by atoms with Crippen molar-refractivity contribution in [3.63, 3.8) is 0 Å². The summed E-state index contributed by atoms with van der Waals surface area (Å²) in [7, 11) is 0. The highest BCUT2D eigenvalue weighted by atomic mass is 32.1. The largest absolute Gasteiger partial charge is 0.486 e. The third-order valence-corrected chi connectivity index (χ3v) is 5.30. The third-order valence-electron chi connectivity index (χ3n) is 4.43. The molecule has 0 N–H and O–H groups in total. The van der Waals surface area contributed by atoms with Crippen molar-refractivity contribution in [2.24, 2.45) is 0 Å². The van der Waals surface area contributed by atoms with E-state index in [1.54, 1.807) is 11.3 Å². The van der Waals surface area contributed by atoms with Crippen molar-refractivity contribution in [3.05, 3.63) is 81.8 Å². The molecule has 1 amide bonds. The summed E-state index contributed by atoms with van der Waals surface area (Å²) in [5.74, 6) is 0.963. The predicted molar refractivity (Wildman–Crippen MR) is 113 cm³/mol. The van der Waals surface area contributed by atoms with E-state index in [4.69, 9.17) is 4.74 Å². The van der Waals surface area contributed by atoms with Crippen LogP contribution in [0.15, 0.2) is 60.0 Å². The van der Waals surface area contributed by atoms with Gasteiger partial charge in [-0.15, -0.1) is 11.3 Å². The minimum Gasteiger partial charge on any atom is -0.486 e. The van der Waals surface area contributed by atoms with Crippen LogP contribution in [0, 0.1) is 6.92 Å². The fraction of sp³-hybridized carbons (Fsp3) is 0.304. The van der Waals surface area contributed by atoms with Gasteiger partial charge in [0.1, 0.15) is 17.4 Å². The Bertz CT molecular complexity index is 906. The number of benzene rings is 2. The zero-order chi connectivity index (χ0) is 19.9. The van der Waals surface area contributed by atoms with E-state index in [9.17, 15) is 4.79 Å². The minimum atomic E-state index is 0.116. The number of amides is 1. The van der Waals surface area contributed by atoms with Gasteiger partial charge < -0.3 is 9.64 Å². The Labute approximate surface area is 170 Å². The number of aryl methyl sites for hydroxylation is 1. The molecule has 3 aromatic rings. The molecule has 0 aliphatic heterocycles. The number of rotatable bonds is 8. The lowest BCUT2D eigenvalue weighted by Crippen LogP contribution is -2.37. The molecule has 0 spiro atoms. The topological polar surface area (TPSA) is 42.4 Å². The first kappa shape index (κ1) is 20.1. The van der Waals surface area contributed by atoms with Crippen molar-refractivity contribution in [1.82, 2.24) is 9.88 Å². The summed E-state index contributed by atoms with van der Waals surface area (Å²) in [6, 6.07) is 18.0. The number of hydrogen-bond donors (Lipinski definition) is 0. The minimum absolute atomic E-state index is 0.116. The maximum absolute atomic E-state index is 12.8. The van der Waals surface area contributed by atoms with Gasteiger partial charge in [-0.2, -0.15) is 0 Å². The SMILES string of the molecule is Cc1cccc(OCc2nc(CN(C(=O)Cc3ccccc3)C(C)C)cs2)c1. The number of aromatic nitrogens is 1. The summed E-state index contributed by atoms with van der Waals surface area (Å²) < 4.78 is 5.83. The maximum atomic E-state index is 12.8. The molecular weight excluding hydrogens is 368 g/mol. The summed E-state index contributed by atoms with van der Waals surface area (Å²) in [5, 5.41) is 2.93. The van der Waals surface area contributed by atoms with Gasteiger partial charge in [0.25, 0.3) is 0 Å². The highest BCUT2D eigenvalue weighted by molar-refractivity contribution is 7.09. The second-order valence-corrected chi connectivity index (χ2v) is 8.06. The highest BCUT2D eigenvalue weighted by Gasteiger charge is 2.19. The molecule has 0 atom stereocenters. The van der Waals surface area contributed by atoms with Gasteiger partial charge in [-0.1, -0.05) is 42.5 Å². The molecule has 146 valence electrons. The van der Waals surface area contributed by atoms with Gasteiger partial charge in [-0.05, 0) is 44.0 Å². The van der Waals surface area contributed by atoms with E-state index in [0.717, 1.165) is 22.0 Å². The average molecular weight is 395 g/mol. The van der Waals surface area contributed by atoms with Crippen LogP contribution in [0.25, 0.3) is 0 Å². The second-order valence-electron chi connectivity index (χ2n) is 7.12. The Kier molecular flexibility index (Phi) is 6.82. The van der Waals surface area contributed by atoms with E-state index in [2.05, 4.69) is 4.98 Å². The zero-order valence-corrected chi connectivity index (χ0v) is 17.4. The number of hydrogen-bond acceptors (Lipinski definition) is 4. The Morgan fingerprint density at radius 2 is 1.93 bits per heavy atom. The molecule has 0 aliphatic rings. The van der Waals surface area contributed by atoms with Crippen LogP contribution in [0.4, 0.5) is 0 Å². The molecule has 0 fully saturated rings. The van der Waals surface area contributed by atoms with Crippen molar-refractivity contribution < 1.29 is 9.53 Å². The number of carbonyl (C=O) groups excluding carboxylic acids is 1. The standard InChI is InChI=1S/C23H26N2O2S/c1-17(2)25(23(26)13-19-9-5-4-6-10-19)14-20-16-28-22(24-20)15-27-21-11-7-8-18(3)12-21/h4-12,16-17H,13-15H2,1-3H3. The lowest BCUT2D eigenvalue weighted by atomic mass is 10.1. The smallest absolute Gasteiger partial charge is 0.227 e. The van der Waals surface area contributed by atoms with E-state index in [1.165, 1.54) is 5.56 Å². The zero-order valence-electron chi connectivity index (χ0n) is 16.6. The summed E-state index contributed by atoms with van der Waals surface area (Å²) >= 11 is 1.57. The van der Waals surface area contributed by atoms with Gasteiger partial charge in [0.05, 0.1) is 18.7 Å². The van der Waals surface area contributed by atoms with Gasteiger partial charge in [0, 0.05) is 11.4 Å². The first-order valence-electron chi connectivity index (χ1n) is 9.47. The quantitative estimate of drug-likeness (QED) is 0.539. The van der Waals surface area contributed by atoms with Crippen molar-refractivity contribution in [2.45, 2.75) is 46.4 Å². The van der Waals surface area contributed by atoms with E-state index in [0.29, 0.717) is 19.6 Å². The number of carbonyl (C=O) groups is 1. The van der Waals surface area contributed by atoms with E-state index in [-0.39, 0.29) is 11.9 Å². The van der Waals surface area contributed by atoms with Crippen LogP contribution < -0.4 is 4.74 Å². The number of ether oxygens (including phenoxy) is 1. The molecule has 0 saturated carbocycles. The molecule has 0 bridgehead atoms. The lowest BCUT2D eigenvalue weighted by molar-refractivity contribution is -0.132. The molecule has 0 unspecified atom stereocenters. The number of nitrogens with zero attached hydrogens (tertiary/aromatic N) is 2. The van der Waals surface area contributed by atoms with Crippen molar-refractivity contribution >= 4 is 17.2 Å². The Morgan fingerprint density at radius 3 is 2.64 bits per heavy atom. The van der Waals surface area contributed by atoms with Gasteiger partial charge >= 0.3 is 0 Å². The fourth-order valence-electron chi connectivity index (χ4n) is 2.94. The molecule has 1 aromatic heterocycles. The van der Waals surface area contributed by atoms with Crippen LogP contribution in [-0.2, 0) is 24.4 Å². The summed E-state index contributed by atoms with van der Waals surface area (Å²) in [4.78, 5) is 19.3. The first-order valence-corrected chi connectivity index (χ1v) is 10.4. The average Bonchev–Trinajstić information content (AvgIpc) is 3.13. The molecule has 0 radical (unpaired) electrons. The number of thiazole rings is 1. The van der Waals surface area contributed by atoms with Gasteiger partial charge in [0.15, 0.2) is 0 Å². The van der Waals surface area contributed by atoms with E-state index < -0.39 is 0 Å². The first-order chi connectivity index (χ1) is 13.5. The third kappa shape index (κ3) is 5.67. The fourth-order valence-corrected chi connectivity index (χ4v) is 3.64. The monoisotopic (exact) mass is 394 g/mol. The molecule has 0 saturated heterocycles. The second kappa shape index (κ2) is 9.51. The Balaban J connectivity index is 1.60. The summed E-state index contributed by atoms with van der Waals surface area (Å²) in [6.45, 7) is 7.08. The molecule has 4 nitrogen and oxygen atoms in total. The molecule has 0 aliphatic carbocycles. The molecule has 3 rings (SSSR count). The van der Waals surface area contributed by atoms with E-state index >= 15 is 0 Å². The van der Waals surface area contributed by atoms with Crippen LogP contribution >= 0.6 is 11.3 Å². The maximum Gasteiger partial charge on any atom is 0.227 e.